The van der Waals surface area contributed by atoms with Gasteiger partial charge in [0.05, 0.1) is 0 Å². The summed E-state index contributed by atoms with van der Waals surface area (Å²) in [5, 5.41) is 49.6. The lowest BCUT2D eigenvalue weighted by molar-refractivity contribution is 0.0852. The number of benzene rings is 2. The van der Waals surface area contributed by atoms with Crippen LogP contribution in [0.4, 0.5) is 0 Å². The molecule has 0 amide bonds. The first-order valence-corrected chi connectivity index (χ1v) is 8.25. The molecule has 0 atom stereocenters. The second kappa shape index (κ2) is 6.19. The Kier molecular flexibility index (Phi) is 4.22. The van der Waals surface area contributed by atoms with Gasteiger partial charge in [0.1, 0.15) is 28.0 Å². The van der Waals surface area contributed by atoms with E-state index in [2.05, 4.69) is 0 Å². The van der Waals surface area contributed by atoms with Crippen LogP contribution in [0.25, 0.3) is 22.3 Å². The summed E-state index contributed by atoms with van der Waals surface area (Å²) in [5.41, 5.74) is -2.62. The van der Waals surface area contributed by atoms with Gasteiger partial charge in [-0.2, -0.15) is 0 Å². The number of hydrogen-bond acceptors (Lipinski definition) is 8. The average Bonchev–Trinajstić information content (AvgIpc) is 2.59. The number of hydrogen-bond donors (Lipinski definition) is 5. The Morgan fingerprint density at radius 3 is 2.11 bits per heavy atom. The second-order valence-corrected chi connectivity index (χ2v) is 7.38. The van der Waals surface area contributed by atoms with Crippen molar-refractivity contribution in [3.63, 3.8) is 0 Å². The summed E-state index contributed by atoms with van der Waals surface area (Å²) in [6, 6.07) is 4.49. The number of carbonyl (C=O) groups excluding carboxylic acids is 1. The molecule has 0 spiro atoms. The van der Waals surface area contributed by atoms with Gasteiger partial charge in [-0.3, -0.25) is 9.59 Å². The normalized spacial score (nSPS) is 11.7. The van der Waals surface area contributed by atoms with Crippen molar-refractivity contribution in [3.05, 3.63) is 40.1 Å². The number of Topliss-reactive ketones (excluding diaryl/α,β-unsaturated/α-hetero) is 1. The first kappa shape index (κ1) is 19.1. The first-order chi connectivity index (χ1) is 12.9. The summed E-state index contributed by atoms with van der Waals surface area (Å²) >= 11 is 0. The van der Waals surface area contributed by atoms with Crippen molar-refractivity contribution in [1.29, 1.82) is 0 Å². The molecule has 1 heterocycles. The molecule has 146 valence electrons. The van der Waals surface area contributed by atoms with Crippen LogP contribution in [0.5, 0.6) is 28.7 Å². The summed E-state index contributed by atoms with van der Waals surface area (Å²) < 4.78 is 5.46. The molecule has 8 nitrogen and oxygen atoms in total. The van der Waals surface area contributed by atoms with E-state index in [1.807, 2.05) is 0 Å². The molecule has 0 aliphatic heterocycles. The molecule has 0 saturated heterocycles. The maximum atomic E-state index is 12.7. The van der Waals surface area contributed by atoms with E-state index in [9.17, 15) is 35.1 Å². The number of carbonyl (C=O) groups is 1. The highest BCUT2D eigenvalue weighted by molar-refractivity contribution is 6.09. The molecule has 3 rings (SSSR count). The molecule has 0 bridgehead atoms. The third kappa shape index (κ3) is 2.88. The van der Waals surface area contributed by atoms with Gasteiger partial charge in [0.2, 0.25) is 11.2 Å². The maximum Gasteiger partial charge on any atom is 0.238 e. The predicted octanol–water partition coefficient (Wildman–Crippen LogP) is 3.22. The molecule has 8 heteroatoms. The molecular formula is C20H18O8. The van der Waals surface area contributed by atoms with Crippen LogP contribution in [0.3, 0.4) is 0 Å². The third-order valence-electron chi connectivity index (χ3n) is 4.26. The van der Waals surface area contributed by atoms with Gasteiger partial charge >= 0.3 is 0 Å². The molecule has 0 aliphatic rings. The van der Waals surface area contributed by atoms with E-state index in [1.54, 1.807) is 20.8 Å². The van der Waals surface area contributed by atoms with Gasteiger partial charge in [0.15, 0.2) is 23.0 Å². The molecular weight excluding hydrogens is 368 g/mol. The lowest BCUT2D eigenvalue weighted by Gasteiger charge is -2.19. The second-order valence-electron chi connectivity index (χ2n) is 7.38. The van der Waals surface area contributed by atoms with Crippen molar-refractivity contribution in [2.45, 2.75) is 20.8 Å². The lowest BCUT2D eigenvalue weighted by atomic mass is 9.85. The van der Waals surface area contributed by atoms with Crippen molar-refractivity contribution >= 4 is 16.8 Å². The highest BCUT2D eigenvalue weighted by Crippen LogP contribution is 2.41. The average molecular weight is 386 g/mol. The summed E-state index contributed by atoms with van der Waals surface area (Å²) in [6.07, 6.45) is 0. The number of ketones is 1. The lowest BCUT2D eigenvalue weighted by Crippen LogP contribution is -2.21. The predicted molar refractivity (Wildman–Crippen MR) is 100 cm³/mol. The Morgan fingerprint density at radius 1 is 0.893 bits per heavy atom. The van der Waals surface area contributed by atoms with E-state index in [0.29, 0.717) is 0 Å². The number of phenols is 4. The molecule has 0 unspecified atom stereocenters. The number of aromatic hydroxyl groups is 5. The Hall–Kier alpha value is -3.68. The zero-order valence-corrected chi connectivity index (χ0v) is 15.3. The number of rotatable bonds is 2. The Bertz CT molecular complexity index is 1180. The van der Waals surface area contributed by atoms with Gasteiger partial charge in [-0.05, 0) is 18.2 Å². The smallest absolute Gasteiger partial charge is 0.238 e. The summed E-state index contributed by atoms with van der Waals surface area (Å²) in [5.74, 6) is -4.11. The number of phenolic OH excluding ortho intramolecular Hbond substituents is 4. The van der Waals surface area contributed by atoms with Gasteiger partial charge in [0.25, 0.3) is 0 Å². The molecule has 0 radical (unpaired) electrons. The van der Waals surface area contributed by atoms with Crippen molar-refractivity contribution < 1.29 is 34.7 Å². The molecule has 3 aromatic rings. The van der Waals surface area contributed by atoms with Crippen molar-refractivity contribution in [2.24, 2.45) is 5.41 Å². The zero-order valence-electron chi connectivity index (χ0n) is 15.3. The topological polar surface area (TPSA) is 148 Å². The van der Waals surface area contributed by atoms with E-state index < -0.39 is 56.3 Å². The first-order valence-electron chi connectivity index (χ1n) is 8.25. The van der Waals surface area contributed by atoms with Gasteiger partial charge in [-0.15, -0.1) is 0 Å². The highest BCUT2D eigenvalue weighted by atomic mass is 16.4. The molecule has 0 aliphatic carbocycles. The third-order valence-corrected chi connectivity index (χ3v) is 4.26. The van der Waals surface area contributed by atoms with E-state index in [0.717, 1.165) is 18.2 Å². The van der Waals surface area contributed by atoms with E-state index >= 15 is 0 Å². The van der Waals surface area contributed by atoms with Crippen LogP contribution in [-0.2, 0) is 0 Å². The van der Waals surface area contributed by atoms with Gasteiger partial charge < -0.3 is 29.9 Å². The molecule has 2 aromatic carbocycles. The Morgan fingerprint density at radius 2 is 1.54 bits per heavy atom. The number of fused-ring (bicyclic) bond motifs is 1. The van der Waals surface area contributed by atoms with Crippen LogP contribution in [0, 0.1) is 5.41 Å². The van der Waals surface area contributed by atoms with Crippen LogP contribution in [0.15, 0.2) is 33.5 Å². The van der Waals surface area contributed by atoms with E-state index in [1.165, 1.54) is 6.07 Å². The van der Waals surface area contributed by atoms with Crippen LogP contribution < -0.4 is 5.43 Å². The minimum Gasteiger partial charge on any atom is -0.507 e. The van der Waals surface area contributed by atoms with E-state index in [4.69, 9.17) is 4.42 Å². The van der Waals surface area contributed by atoms with Crippen molar-refractivity contribution in [3.8, 4) is 40.1 Å². The minimum absolute atomic E-state index is 0.0700. The highest BCUT2D eigenvalue weighted by Gasteiger charge is 2.31. The fourth-order valence-electron chi connectivity index (χ4n) is 2.77. The monoisotopic (exact) mass is 386 g/mol. The van der Waals surface area contributed by atoms with E-state index in [-0.39, 0.29) is 16.9 Å². The SMILES string of the molecule is CC(C)(C)C(=O)c1c(O)cc2oc(-c3ccc(O)c(O)c3)c(O)c(=O)c2c1O. The standard InChI is InChI=1S/C20H18O8/c1-20(2,3)19(27)13-11(23)7-12-14(15(13)24)16(25)17(26)18(28-12)8-4-5-9(21)10(22)6-8/h4-7,21-24,26H,1-3H3. The quantitative estimate of drug-likeness (QED) is 0.333. The van der Waals surface area contributed by atoms with Gasteiger partial charge in [-0.25, -0.2) is 0 Å². The summed E-state index contributed by atoms with van der Waals surface area (Å²) in [7, 11) is 0. The largest absolute Gasteiger partial charge is 0.507 e. The van der Waals surface area contributed by atoms with Gasteiger partial charge in [-0.1, -0.05) is 20.8 Å². The fraction of sp³-hybridized carbons (Fsp3) is 0.200. The van der Waals surface area contributed by atoms with Crippen LogP contribution in [0.1, 0.15) is 31.1 Å². The summed E-state index contributed by atoms with van der Waals surface area (Å²) in [6.45, 7) is 4.75. The molecule has 28 heavy (non-hydrogen) atoms. The minimum atomic E-state index is -1.02. The zero-order chi connectivity index (χ0) is 21.0. The fourth-order valence-corrected chi connectivity index (χ4v) is 2.77. The Labute approximate surface area is 158 Å². The van der Waals surface area contributed by atoms with Crippen molar-refractivity contribution in [1.82, 2.24) is 0 Å². The molecule has 1 aromatic heterocycles. The summed E-state index contributed by atoms with van der Waals surface area (Å²) in [4.78, 5) is 25.2. The molecule has 5 N–H and O–H groups in total. The van der Waals surface area contributed by atoms with Crippen molar-refractivity contribution in [2.75, 3.05) is 0 Å². The van der Waals surface area contributed by atoms with Crippen LogP contribution in [-0.4, -0.2) is 31.3 Å². The van der Waals surface area contributed by atoms with Crippen LogP contribution in [0.2, 0.25) is 0 Å². The van der Waals surface area contributed by atoms with Crippen LogP contribution >= 0.6 is 0 Å². The Balaban J connectivity index is 2.35. The molecule has 0 saturated carbocycles. The molecule has 0 fully saturated rings. The van der Waals surface area contributed by atoms with Gasteiger partial charge in [0, 0.05) is 17.0 Å². The maximum absolute atomic E-state index is 12.7.